The fourth-order valence-corrected chi connectivity index (χ4v) is 3.84. The van der Waals surface area contributed by atoms with Gasteiger partial charge in [0.15, 0.2) is 0 Å². The summed E-state index contributed by atoms with van der Waals surface area (Å²) in [6.45, 7) is 6.60. The maximum absolute atomic E-state index is 13.3. The van der Waals surface area contributed by atoms with Gasteiger partial charge in [-0.05, 0) is 62.5 Å². The molecular formula is C19H30Cl2FN3O. The van der Waals surface area contributed by atoms with Crippen LogP contribution >= 0.6 is 24.8 Å². The zero-order valence-corrected chi connectivity index (χ0v) is 16.9. The number of nitrogens with zero attached hydrogens (tertiary/aromatic N) is 1. The second-order valence-corrected chi connectivity index (χ2v) is 7.29. The number of halogens is 3. The van der Waals surface area contributed by atoms with E-state index in [4.69, 9.17) is 0 Å². The number of hydrogen-bond acceptors (Lipinski definition) is 3. The first-order valence-corrected chi connectivity index (χ1v) is 9.09. The van der Waals surface area contributed by atoms with Gasteiger partial charge < -0.3 is 10.6 Å². The van der Waals surface area contributed by atoms with Crippen LogP contribution < -0.4 is 10.6 Å². The highest BCUT2D eigenvalue weighted by atomic mass is 35.5. The van der Waals surface area contributed by atoms with Gasteiger partial charge in [0.1, 0.15) is 5.82 Å². The van der Waals surface area contributed by atoms with E-state index >= 15 is 0 Å². The Morgan fingerprint density at radius 1 is 1.35 bits per heavy atom. The number of benzene rings is 1. The predicted octanol–water partition coefficient (Wildman–Crippen LogP) is 3.00. The highest BCUT2D eigenvalue weighted by molar-refractivity contribution is 5.85. The molecule has 2 N–H and O–H groups in total. The van der Waals surface area contributed by atoms with Crippen molar-refractivity contribution in [3.05, 3.63) is 35.6 Å². The van der Waals surface area contributed by atoms with Crippen molar-refractivity contribution in [2.24, 2.45) is 11.8 Å². The van der Waals surface area contributed by atoms with Gasteiger partial charge in [-0.2, -0.15) is 0 Å². The lowest BCUT2D eigenvalue weighted by Crippen LogP contribution is -2.51. The summed E-state index contributed by atoms with van der Waals surface area (Å²) in [5, 5.41) is 6.63. The van der Waals surface area contributed by atoms with Gasteiger partial charge in [-0.25, -0.2) is 4.39 Å². The maximum Gasteiger partial charge on any atom is 0.224 e. The quantitative estimate of drug-likeness (QED) is 0.808. The number of nitrogens with one attached hydrogen (secondary N) is 2. The third kappa shape index (κ3) is 6.38. The van der Waals surface area contributed by atoms with E-state index in [1.54, 1.807) is 12.1 Å². The molecule has 2 heterocycles. The van der Waals surface area contributed by atoms with Gasteiger partial charge in [0, 0.05) is 19.1 Å². The van der Waals surface area contributed by atoms with Crippen molar-refractivity contribution in [1.82, 2.24) is 15.5 Å². The smallest absolute Gasteiger partial charge is 0.224 e. The van der Waals surface area contributed by atoms with Crippen LogP contribution in [0.5, 0.6) is 0 Å². The molecule has 4 nitrogen and oxygen atoms in total. The van der Waals surface area contributed by atoms with E-state index < -0.39 is 0 Å². The van der Waals surface area contributed by atoms with Crippen molar-refractivity contribution in [3.8, 4) is 0 Å². The first-order chi connectivity index (χ1) is 11.6. The van der Waals surface area contributed by atoms with Crippen molar-refractivity contribution in [2.75, 3.05) is 26.2 Å². The van der Waals surface area contributed by atoms with Crippen LogP contribution in [0.1, 0.15) is 31.7 Å². The Bertz CT molecular complexity index is 575. The largest absolute Gasteiger partial charge is 0.353 e. The molecule has 2 fully saturated rings. The molecule has 2 aliphatic heterocycles. The lowest BCUT2D eigenvalue weighted by atomic mass is 9.92. The lowest BCUT2D eigenvalue weighted by Gasteiger charge is -2.35. The minimum Gasteiger partial charge on any atom is -0.353 e. The molecule has 1 aromatic carbocycles. The summed E-state index contributed by atoms with van der Waals surface area (Å²) in [6.07, 6.45) is 2.98. The van der Waals surface area contributed by atoms with E-state index in [-0.39, 0.29) is 48.5 Å². The Kier molecular flexibility index (Phi) is 9.86. The second kappa shape index (κ2) is 11.1. The third-order valence-electron chi connectivity index (χ3n) is 5.28. The van der Waals surface area contributed by atoms with Crippen LogP contribution in [0, 0.1) is 17.7 Å². The van der Waals surface area contributed by atoms with E-state index in [0.29, 0.717) is 12.5 Å². The normalized spacial score (nSPS) is 26.3. The van der Waals surface area contributed by atoms with Crippen LogP contribution in [-0.4, -0.2) is 43.0 Å². The number of piperidine rings is 2. The van der Waals surface area contributed by atoms with E-state index in [0.717, 1.165) is 51.0 Å². The van der Waals surface area contributed by atoms with Gasteiger partial charge in [-0.1, -0.05) is 19.1 Å². The molecule has 3 unspecified atom stereocenters. The molecular weight excluding hydrogens is 376 g/mol. The molecule has 1 aromatic rings. The summed E-state index contributed by atoms with van der Waals surface area (Å²) in [5.74, 6) is 0.528. The number of likely N-dealkylation sites (tertiary alicyclic amines) is 1. The van der Waals surface area contributed by atoms with Crippen molar-refractivity contribution < 1.29 is 9.18 Å². The molecule has 7 heteroatoms. The van der Waals surface area contributed by atoms with Gasteiger partial charge in [0.25, 0.3) is 0 Å². The highest BCUT2D eigenvalue weighted by Crippen LogP contribution is 2.20. The monoisotopic (exact) mass is 405 g/mol. The Labute approximate surface area is 168 Å². The topological polar surface area (TPSA) is 44.4 Å². The number of amides is 1. The van der Waals surface area contributed by atoms with Crippen molar-refractivity contribution in [2.45, 2.75) is 38.8 Å². The van der Waals surface area contributed by atoms with Gasteiger partial charge in [0.05, 0.1) is 5.92 Å². The minimum absolute atomic E-state index is 0. The van der Waals surface area contributed by atoms with E-state index in [1.165, 1.54) is 6.07 Å². The highest BCUT2D eigenvalue weighted by Gasteiger charge is 2.29. The zero-order valence-electron chi connectivity index (χ0n) is 15.2. The van der Waals surface area contributed by atoms with Crippen LogP contribution in [-0.2, 0) is 11.3 Å². The van der Waals surface area contributed by atoms with Crippen LogP contribution in [0.2, 0.25) is 0 Å². The first-order valence-electron chi connectivity index (χ1n) is 9.09. The molecule has 26 heavy (non-hydrogen) atoms. The molecule has 2 aliphatic rings. The Hall–Kier alpha value is -0.880. The van der Waals surface area contributed by atoms with E-state index in [9.17, 15) is 9.18 Å². The van der Waals surface area contributed by atoms with Crippen molar-refractivity contribution in [1.29, 1.82) is 0 Å². The summed E-state index contributed by atoms with van der Waals surface area (Å²) >= 11 is 0. The number of carbonyl (C=O) groups excluding carboxylic acids is 1. The van der Waals surface area contributed by atoms with Crippen molar-refractivity contribution >= 4 is 30.7 Å². The van der Waals surface area contributed by atoms with Crippen LogP contribution in [0.15, 0.2) is 24.3 Å². The van der Waals surface area contributed by atoms with Gasteiger partial charge in [-0.3, -0.25) is 9.69 Å². The molecule has 0 aliphatic carbocycles. The Morgan fingerprint density at radius 3 is 2.88 bits per heavy atom. The summed E-state index contributed by atoms with van der Waals surface area (Å²) in [5.41, 5.74) is 0.975. The van der Waals surface area contributed by atoms with Gasteiger partial charge in [0.2, 0.25) is 5.91 Å². The van der Waals surface area contributed by atoms with Gasteiger partial charge >= 0.3 is 0 Å². The average molecular weight is 406 g/mol. The molecule has 0 saturated carbocycles. The minimum atomic E-state index is -0.196. The molecule has 1 amide bonds. The van der Waals surface area contributed by atoms with Crippen LogP contribution in [0.4, 0.5) is 4.39 Å². The predicted molar refractivity (Wildman–Crippen MR) is 107 cm³/mol. The summed E-state index contributed by atoms with van der Waals surface area (Å²) in [4.78, 5) is 14.9. The van der Waals surface area contributed by atoms with E-state index in [2.05, 4.69) is 22.5 Å². The Balaban J connectivity index is 0.00000169. The number of rotatable bonds is 4. The molecule has 0 bridgehead atoms. The Morgan fingerprint density at radius 2 is 2.15 bits per heavy atom. The lowest BCUT2D eigenvalue weighted by molar-refractivity contribution is -0.128. The van der Waals surface area contributed by atoms with Crippen LogP contribution in [0.3, 0.4) is 0 Å². The SMILES string of the molecule is CC1CNCCC1NC(=O)C1CCCN(Cc2cccc(F)c2)C1.Cl.Cl. The molecule has 148 valence electrons. The number of carbonyl (C=O) groups is 1. The molecule has 0 radical (unpaired) electrons. The average Bonchev–Trinajstić information content (AvgIpc) is 2.57. The maximum atomic E-state index is 13.3. The summed E-state index contributed by atoms with van der Waals surface area (Å²) in [7, 11) is 0. The summed E-state index contributed by atoms with van der Waals surface area (Å²) in [6, 6.07) is 7.04. The fourth-order valence-electron chi connectivity index (χ4n) is 3.84. The van der Waals surface area contributed by atoms with Crippen LogP contribution in [0.25, 0.3) is 0 Å². The van der Waals surface area contributed by atoms with Gasteiger partial charge in [-0.15, -0.1) is 24.8 Å². The standard InChI is InChI=1S/C19H28FN3O.2ClH/c1-14-11-21-8-7-18(14)22-19(24)16-5-3-9-23(13-16)12-15-4-2-6-17(20)10-15;;/h2,4,6,10,14,16,18,21H,3,5,7-9,11-13H2,1H3,(H,22,24);2*1H. The molecule has 2 saturated heterocycles. The first kappa shape index (κ1) is 23.2. The second-order valence-electron chi connectivity index (χ2n) is 7.29. The summed E-state index contributed by atoms with van der Waals surface area (Å²) < 4.78 is 13.3. The van der Waals surface area contributed by atoms with E-state index in [1.807, 2.05) is 6.07 Å². The third-order valence-corrected chi connectivity index (χ3v) is 5.28. The molecule has 3 rings (SSSR count). The fraction of sp³-hybridized carbons (Fsp3) is 0.632. The molecule has 0 aromatic heterocycles. The zero-order chi connectivity index (χ0) is 16.9. The molecule has 3 atom stereocenters. The number of hydrogen-bond donors (Lipinski definition) is 2. The molecule has 0 spiro atoms. The van der Waals surface area contributed by atoms with Crippen molar-refractivity contribution in [3.63, 3.8) is 0 Å².